The highest BCUT2D eigenvalue weighted by Crippen LogP contribution is 2.31. The number of aromatic nitrogens is 1. The SMILES string of the molecule is O=C(O)c1cc(Cl)nc(Nc2cccc(C(F)(F)F)c2)c1. The fourth-order valence-electron chi connectivity index (χ4n) is 1.61. The smallest absolute Gasteiger partial charge is 0.416 e. The van der Waals surface area contributed by atoms with Crippen LogP contribution in [0.1, 0.15) is 15.9 Å². The Bertz CT molecular complexity index is 689. The van der Waals surface area contributed by atoms with Gasteiger partial charge in [0.05, 0.1) is 11.1 Å². The summed E-state index contributed by atoms with van der Waals surface area (Å²) in [4.78, 5) is 14.7. The molecule has 1 aromatic carbocycles. The van der Waals surface area contributed by atoms with Crippen LogP contribution in [0.2, 0.25) is 5.15 Å². The van der Waals surface area contributed by atoms with Crippen LogP contribution in [0, 0.1) is 0 Å². The molecule has 2 aromatic rings. The standard InChI is InChI=1S/C13H8ClF3N2O2/c14-10-4-7(12(20)21)5-11(19-10)18-9-3-1-2-8(6-9)13(15,16)17/h1-6H,(H,18,19)(H,20,21). The van der Waals surface area contributed by atoms with Gasteiger partial charge >= 0.3 is 12.1 Å². The molecule has 0 aliphatic heterocycles. The number of nitrogens with zero attached hydrogens (tertiary/aromatic N) is 1. The van der Waals surface area contributed by atoms with Crippen LogP contribution in [0.3, 0.4) is 0 Å². The molecule has 0 aliphatic rings. The Morgan fingerprint density at radius 1 is 1.24 bits per heavy atom. The minimum absolute atomic E-state index is 0.0409. The highest BCUT2D eigenvalue weighted by Gasteiger charge is 2.30. The number of carboxylic acids is 1. The van der Waals surface area contributed by atoms with Crippen LogP contribution in [0.5, 0.6) is 0 Å². The summed E-state index contributed by atoms with van der Waals surface area (Å²) < 4.78 is 37.8. The molecule has 0 spiro atoms. The Hall–Kier alpha value is -2.28. The zero-order chi connectivity index (χ0) is 15.6. The van der Waals surface area contributed by atoms with Crippen molar-refractivity contribution in [2.75, 3.05) is 5.32 Å². The van der Waals surface area contributed by atoms with Crippen LogP contribution >= 0.6 is 11.6 Å². The molecule has 21 heavy (non-hydrogen) atoms. The van der Waals surface area contributed by atoms with E-state index in [0.29, 0.717) is 0 Å². The van der Waals surface area contributed by atoms with Gasteiger partial charge in [0.15, 0.2) is 0 Å². The van der Waals surface area contributed by atoms with Gasteiger partial charge in [0.2, 0.25) is 0 Å². The number of rotatable bonds is 3. The maximum atomic E-state index is 12.6. The molecule has 2 rings (SSSR count). The molecular formula is C13H8ClF3N2O2. The zero-order valence-corrected chi connectivity index (χ0v) is 11.0. The summed E-state index contributed by atoms with van der Waals surface area (Å²) >= 11 is 5.67. The first-order chi connectivity index (χ1) is 9.75. The Balaban J connectivity index is 2.32. The number of alkyl halides is 3. The molecule has 8 heteroatoms. The highest BCUT2D eigenvalue weighted by molar-refractivity contribution is 6.29. The average molecular weight is 317 g/mol. The third-order valence-corrected chi connectivity index (χ3v) is 2.70. The minimum atomic E-state index is -4.47. The molecule has 4 nitrogen and oxygen atoms in total. The molecule has 0 radical (unpaired) electrons. The van der Waals surface area contributed by atoms with Gasteiger partial charge in [-0.15, -0.1) is 0 Å². The summed E-state index contributed by atoms with van der Waals surface area (Å²) in [6, 6.07) is 6.77. The molecule has 110 valence electrons. The average Bonchev–Trinajstić information content (AvgIpc) is 2.37. The molecule has 0 amide bonds. The van der Waals surface area contributed by atoms with Gasteiger partial charge in [0, 0.05) is 5.69 Å². The molecule has 0 bridgehead atoms. The Labute approximate surface area is 122 Å². The molecule has 1 aromatic heterocycles. The number of pyridine rings is 1. The van der Waals surface area contributed by atoms with E-state index in [1.165, 1.54) is 18.2 Å². The first kappa shape index (κ1) is 15.1. The second-order valence-electron chi connectivity index (χ2n) is 4.07. The number of nitrogens with one attached hydrogen (secondary N) is 1. The summed E-state index contributed by atoms with van der Waals surface area (Å²) in [6.45, 7) is 0. The van der Waals surface area contributed by atoms with E-state index in [1.54, 1.807) is 0 Å². The van der Waals surface area contributed by atoms with Crippen molar-refractivity contribution in [1.29, 1.82) is 0 Å². The van der Waals surface area contributed by atoms with Gasteiger partial charge in [0.1, 0.15) is 11.0 Å². The van der Waals surface area contributed by atoms with Crippen molar-refractivity contribution >= 4 is 29.1 Å². The van der Waals surface area contributed by atoms with E-state index in [0.717, 1.165) is 18.2 Å². The van der Waals surface area contributed by atoms with Gasteiger partial charge in [-0.1, -0.05) is 17.7 Å². The van der Waals surface area contributed by atoms with Crippen LogP contribution in [0.25, 0.3) is 0 Å². The van der Waals surface area contributed by atoms with Gasteiger partial charge in [-0.3, -0.25) is 0 Å². The maximum Gasteiger partial charge on any atom is 0.416 e. The van der Waals surface area contributed by atoms with Crippen molar-refractivity contribution in [2.45, 2.75) is 6.18 Å². The lowest BCUT2D eigenvalue weighted by molar-refractivity contribution is -0.137. The number of carboxylic acid groups (broad SMARTS) is 1. The van der Waals surface area contributed by atoms with Crippen molar-refractivity contribution in [2.24, 2.45) is 0 Å². The van der Waals surface area contributed by atoms with Crippen LogP contribution < -0.4 is 5.32 Å². The normalized spacial score (nSPS) is 11.2. The lowest BCUT2D eigenvalue weighted by Gasteiger charge is -2.10. The lowest BCUT2D eigenvalue weighted by atomic mass is 10.2. The van der Waals surface area contributed by atoms with E-state index in [4.69, 9.17) is 16.7 Å². The van der Waals surface area contributed by atoms with Crippen LogP contribution in [-0.2, 0) is 6.18 Å². The highest BCUT2D eigenvalue weighted by atomic mass is 35.5. The lowest BCUT2D eigenvalue weighted by Crippen LogP contribution is -2.05. The molecule has 0 saturated carbocycles. The number of hydrogen-bond donors (Lipinski definition) is 2. The van der Waals surface area contributed by atoms with E-state index in [-0.39, 0.29) is 22.2 Å². The molecule has 1 heterocycles. The third-order valence-electron chi connectivity index (χ3n) is 2.50. The second kappa shape index (κ2) is 5.61. The molecule has 0 atom stereocenters. The number of anilines is 2. The predicted octanol–water partition coefficient (Wildman–Crippen LogP) is 4.20. The summed E-state index contributed by atoms with van der Waals surface area (Å²) in [6.07, 6.45) is -4.47. The Morgan fingerprint density at radius 3 is 2.57 bits per heavy atom. The van der Waals surface area contributed by atoms with E-state index < -0.39 is 17.7 Å². The summed E-state index contributed by atoms with van der Waals surface area (Å²) in [7, 11) is 0. The Morgan fingerprint density at radius 2 is 1.95 bits per heavy atom. The predicted molar refractivity (Wildman–Crippen MR) is 70.9 cm³/mol. The van der Waals surface area contributed by atoms with Crippen LogP contribution in [0.4, 0.5) is 24.7 Å². The topological polar surface area (TPSA) is 62.2 Å². The minimum Gasteiger partial charge on any atom is -0.478 e. The first-order valence-electron chi connectivity index (χ1n) is 5.61. The van der Waals surface area contributed by atoms with Crippen molar-refractivity contribution < 1.29 is 23.1 Å². The van der Waals surface area contributed by atoms with Crippen molar-refractivity contribution in [3.05, 3.63) is 52.7 Å². The molecule has 0 aliphatic carbocycles. The Kier molecular flexibility index (Phi) is 4.04. The molecular weight excluding hydrogens is 309 g/mol. The fourth-order valence-corrected chi connectivity index (χ4v) is 1.81. The quantitative estimate of drug-likeness (QED) is 0.833. The first-order valence-corrected chi connectivity index (χ1v) is 5.98. The molecule has 0 unspecified atom stereocenters. The summed E-state index contributed by atoms with van der Waals surface area (Å²) in [5.74, 6) is -1.18. The van der Waals surface area contributed by atoms with Crippen molar-refractivity contribution in [1.82, 2.24) is 4.98 Å². The number of benzene rings is 1. The van der Waals surface area contributed by atoms with E-state index in [2.05, 4.69) is 10.3 Å². The second-order valence-corrected chi connectivity index (χ2v) is 4.46. The van der Waals surface area contributed by atoms with E-state index in [1.807, 2.05) is 0 Å². The number of halogens is 4. The summed E-state index contributed by atoms with van der Waals surface area (Å²) in [5, 5.41) is 11.4. The van der Waals surface area contributed by atoms with Gasteiger partial charge in [-0.05, 0) is 30.3 Å². The zero-order valence-electron chi connectivity index (χ0n) is 10.3. The number of carbonyl (C=O) groups is 1. The van der Waals surface area contributed by atoms with Gasteiger partial charge < -0.3 is 10.4 Å². The largest absolute Gasteiger partial charge is 0.478 e. The van der Waals surface area contributed by atoms with Gasteiger partial charge in [-0.2, -0.15) is 13.2 Å². The molecule has 0 fully saturated rings. The van der Waals surface area contributed by atoms with Crippen molar-refractivity contribution in [3.63, 3.8) is 0 Å². The maximum absolute atomic E-state index is 12.6. The van der Waals surface area contributed by atoms with E-state index in [9.17, 15) is 18.0 Å². The number of hydrogen-bond acceptors (Lipinski definition) is 3. The monoisotopic (exact) mass is 316 g/mol. The molecule has 0 saturated heterocycles. The van der Waals surface area contributed by atoms with Gasteiger partial charge in [-0.25, -0.2) is 9.78 Å². The third kappa shape index (κ3) is 3.85. The van der Waals surface area contributed by atoms with Gasteiger partial charge in [0.25, 0.3) is 0 Å². The molecule has 2 N–H and O–H groups in total. The van der Waals surface area contributed by atoms with Crippen LogP contribution in [-0.4, -0.2) is 16.1 Å². The van der Waals surface area contributed by atoms with Crippen LogP contribution in [0.15, 0.2) is 36.4 Å². The van der Waals surface area contributed by atoms with E-state index >= 15 is 0 Å². The van der Waals surface area contributed by atoms with Crippen molar-refractivity contribution in [3.8, 4) is 0 Å². The summed E-state index contributed by atoms with van der Waals surface area (Å²) in [5.41, 5.74) is -0.826. The fraction of sp³-hybridized carbons (Fsp3) is 0.0769. The number of aromatic carboxylic acids is 1.